The molecule has 0 aromatic heterocycles. The second kappa shape index (κ2) is 7.83. The van der Waals surface area contributed by atoms with Gasteiger partial charge in [-0.2, -0.15) is 0 Å². The molecule has 0 spiro atoms. The second-order valence-electron chi connectivity index (χ2n) is 13.1. The van der Waals surface area contributed by atoms with E-state index in [1.165, 1.54) is 70.6 Å². The quantitative estimate of drug-likeness (QED) is 0.496. The molecule has 0 amide bonds. The summed E-state index contributed by atoms with van der Waals surface area (Å²) in [5, 5.41) is 12.3. The zero-order chi connectivity index (χ0) is 21.0. The average molecular weight is 403 g/mol. The van der Waals surface area contributed by atoms with Crippen LogP contribution in [0.25, 0.3) is 0 Å². The van der Waals surface area contributed by atoms with Crippen LogP contribution in [0.5, 0.6) is 0 Å². The summed E-state index contributed by atoms with van der Waals surface area (Å²) < 4.78 is 0. The molecule has 168 valence electrons. The highest BCUT2D eigenvalue weighted by atomic mass is 16.3. The summed E-state index contributed by atoms with van der Waals surface area (Å²) in [7, 11) is 0. The minimum absolute atomic E-state index is 0.366. The number of aliphatic hydroxyl groups is 1. The van der Waals surface area contributed by atoms with Crippen molar-refractivity contribution in [2.75, 3.05) is 0 Å². The van der Waals surface area contributed by atoms with Crippen LogP contribution in [0.4, 0.5) is 0 Å². The molecule has 0 bridgehead atoms. The van der Waals surface area contributed by atoms with Crippen molar-refractivity contribution >= 4 is 0 Å². The molecule has 0 aromatic carbocycles. The topological polar surface area (TPSA) is 20.2 Å². The lowest BCUT2D eigenvalue weighted by Crippen LogP contribution is -2.63. The van der Waals surface area contributed by atoms with Crippen LogP contribution in [0.2, 0.25) is 0 Å². The summed E-state index contributed by atoms with van der Waals surface area (Å²) in [5.74, 6) is 5.30. The molecule has 0 heterocycles. The van der Waals surface area contributed by atoms with E-state index in [4.69, 9.17) is 0 Å². The summed E-state index contributed by atoms with van der Waals surface area (Å²) in [6.07, 6.45) is 16.1. The van der Waals surface area contributed by atoms with Gasteiger partial charge in [-0.3, -0.25) is 0 Å². The summed E-state index contributed by atoms with van der Waals surface area (Å²) in [5.41, 5.74) is 0.432. The Labute approximate surface area is 181 Å². The van der Waals surface area contributed by atoms with Crippen molar-refractivity contribution in [1.29, 1.82) is 0 Å². The van der Waals surface area contributed by atoms with Gasteiger partial charge in [-0.1, -0.05) is 67.2 Å². The number of rotatable bonds is 5. The molecule has 1 nitrogen and oxygen atoms in total. The van der Waals surface area contributed by atoms with Gasteiger partial charge in [0.1, 0.15) is 0 Å². The van der Waals surface area contributed by atoms with Crippen molar-refractivity contribution in [3.63, 3.8) is 0 Å². The smallest absolute Gasteiger partial charge is 0.0714 e. The van der Waals surface area contributed by atoms with Crippen molar-refractivity contribution in [2.24, 2.45) is 52.3 Å². The highest BCUT2D eigenvalue weighted by Crippen LogP contribution is 2.69. The maximum atomic E-state index is 12.3. The number of fused-ring (bicyclic) bond motifs is 5. The van der Waals surface area contributed by atoms with E-state index >= 15 is 0 Å². The maximum Gasteiger partial charge on any atom is 0.0714 e. The van der Waals surface area contributed by atoms with Gasteiger partial charge < -0.3 is 5.11 Å². The molecule has 4 aliphatic rings. The second-order valence-corrected chi connectivity index (χ2v) is 13.1. The highest BCUT2D eigenvalue weighted by Gasteiger charge is 2.66. The zero-order valence-electron chi connectivity index (χ0n) is 20.5. The standard InChI is InChI=1S/C28H50O/c1-19(2)20(3)10-11-21(4)23-12-13-24-27(23,6)17-15-25-26(5)16-8-7-9-22(26)14-18-28(24,25)29/h19-25,29H,7-18H2,1-6H3/t20-,21+,22?,23+,24+,25+,26-,27+,28?/m0/s1. The fraction of sp³-hybridized carbons (Fsp3) is 1.00. The Kier molecular flexibility index (Phi) is 5.98. The Morgan fingerprint density at radius 2 is 1.48 bits per heavy atom. The minimum atomic E-state index is -0.366. The van der Waals surface area contributed by atoms with Crippen LogP contribution in [0.3, 0.4) is 0 Å². The monoisotopic (exact) mass is 402 g/mol. The lowest BCUT2D eigenvalue weighted by Gasteiger charge is -2.64. The largest absolute Gasteiger partial charge is 0.389 e. The van der Waals surface area contributed by atoms with Gasteiger partial charge in [0.2, 0.25) is 0 Å². The van der Waals surface area contributed by atoms with Crippen LogP contribution in [0, 0.1) is 52.3 Å². The van der Waals surface area contributed by atoms with E-state index < -0.39 is 0 Å². The highest BCUT2D eigenvalue weighted by molar-refractivity contribution is 5.16. The lowest BCUT2D eigenvalue weighted by atomic mass is 9.42. The first kappa shape index (κ1) is 22.2. The molecule has 9 atom stereocenters. The van der Waals surface area contributed by atoms with Crippen molar-refractivity contribution in [3.05, 3.63) is 0 Å². The van der Waals surface area contributed by atoms with Gasteiger partial charge in [-0.05, 0) is 104 Å². The van der Waals surface area contributed by atoms with Crippen molar-refractivity contribution in [3.8, 4) is 0 Å². The van der Waals surface area contributed by atoms with E-state index in [0.717, 1.165) is 36.0 Å². The third-order valence-electron chi connectivity index (χ3n) is 11.6. The molecule has 4 saturated carbocycles. The SMILES string of the molecule is CC(C)[C@@H](C)CC[C@@H](C)[C@H]1CC[C@H]2C3(O)CCC4CCCC[C@]4(C)[C@H]3CC[C@]12C. The van der Waals surface area contributed by atoms with Crippen LogP contribution in [0.15, 0.2) is 0 Å². The minimum Gasteiger partial charge on any atom is -0.389 e. The first-order valence-corrected chi connectivity index (χ1v) is 13.4. The predicted octanol–water partition coefficient (Wildman–Crippen LogP) is 7.86. The first-order valence-electron chi connectivity index (χ1n) is 13.4. The molecular formula is C28H50O. The summed E-state index contributed by atoms with van der Waals surface area (Å²) in [4.78, 5) is 0. The van der Waals surface area contributed by atoms with Crippen molar-refractivity contribution in [1.82, 2.24) is 0 Å². The van der Waals surface area contributed by atoms with Gasteiger partial charge in [0.05, 0.1) is 5.60 Å². The van der Waals surface area contributed by atoms with Gasteiger partial charge in [0.15, 0.2) is 0 Å². The zero-order valence-corrected chi connectivity index (χ0v) is 20.5. The molecule has 0 saturated heterocycles. The fourth-order valence-corrected chi connectivity index (χ4v) is 9.41. The van der Waals surface area contributed by atoms with Gasteiger partial charge in [0, 0.05) is 0 Å². The molecule has 1 heteroatoms. The molecule has 2 unspecified atom stereocenters. The average Bonchev–Trinajstić information content (AvgIpc) is 3.03. The van der Waals surface area contributed by atoms with Crippen LogP contribution >= 0.6 is 0 Å². The van der Waals surface area contributed by atoms with Gasteiger partial charge in [0.25, 0.3) is 0 Å². The van der Waals surface area contributed by atoms with E-state index in [2.05, 4.69) is 41.5 Å². The Morgan fingerprint density at radius 3 is 2.21 bits per heavy atom. The van der Waals surface area contributed by atoms with Crippen LogP contribution in [-0.2, 0) is 0 Å². The van der Waals surface area contributed by atoms with E-state index in [9.17, 15) is 5.11 Å². The molecule has 1 N–H and O–H groups in total. The predicted molar refractivity (Wildman–Crippen MR) is 124 cm³/mol. The Bertz CT molecular complexity index is 583. The van der Waals surface area contributed by atoms with Crippen molar-refractivity contribution in [2.45, 2.75) is 124 Å². The molecule has 29 heavy (non-hydrogen) atoms. The van der Waals surface area contributed by atoms with Gasteiger partial charge in [-0.25, -0.2) is 0 Å². The molecular weight excluding hydrogens is 352 g/mol. The molecule has 4 fully saturated rings. The first-order chi connectivity index (χ1) is 13.6. The molecule has 0 aliphatic heterocycles. The Balaban J connectivity index is 1.52. The van der Waals surface area contributed by atoms with Crippen LogP contribution in [-0.4, -0.2) is 10.7 Å². The lowest BCUT2D eigenvalue weighted by molar-refractivity contribution is -0.222. The molecule has 4 aliphatic carbocycles. The third-order valence-corrected chi connectivity index (χ3v) is 11.6. The van der Waals surface area contributed by atoms with Crippen LogP contribution in [0.1, 0.15) is 119 Å². The van der Waals surface area contributed by atoms with E-state index in [1.54, 1.807) is 0 Å². The molecule has 4 rings (SSSR count). The summed E-state index contributed by atoms with van der Waals surface area (Å²) in [6, 6.07) is 0. The normalized spacial score (nSPS) is 49.2. The van der Waals surface area contributed by atoms with Gasteiger partial charge in [-0.15, -0.1) is 0 Å². The van der Waals surface area contributed by atoms with E-state index in [0.29, 0.717) is 22.7 Å². The molecule has 0 aromatic rings. The summed E-state index contributed by atoms with van der Waals surface area (Å²) in [6.45, 7) is 14.9. The third kappa shape index (κ3) is 3.44. The van der Waals surface area contributed by atoms with Crippen molar-refractivity contribution < 1.29 is 5.11 Å². The number of hydrogen-bond acceptors (Lipinski definition) is 1. The van der Waals surface area contributed by atoms with Crippen LogP contribution < -0.4 is 0 Å². The number of hydrogen-bond donors (Lipinski definition) is 1. The summed E-state index contributed by atoms with van der Waals surface area (Å²) >= 11 is 0. The Hall–Kier alpha value is -0.0400. The molecule has 0 radical (unpaired) electrons. The fourth-order valence-electron chi connectivity index (χ4n) is 9.41. The van der Waals surface area contributed by atoms with Gasteiger partial charge >= 0.3 is 0 Å². The Morgan fingerprint density at radius 1 is 0.759 bits per heavy atom. The van der Waals surface area contributed by atoms with E-state index in [-0.39, 0.29) is 5.60 Å². The van der Waals surface area contributed by atoms with E-state index in [1.807, 2.05) is 0 Å². The maximum absolute atomic E-state index is 12.3.